The van der Waals surface area contributed by atoms with Crippen LogP contribution in [-0.4, -0.2) is 5.88 Å². The lowest BCUT2D eigenvalue weighted by atomic mass is 9.74. The van der Waals surface area contributed by atoms with E-state index in [-0.39, 0.29) is 0 Å². The summed E-state index contributed by atoms with van der Waals surface area (Å²) >= 11 is 6.06. The molecule has 0 aliphatic heterocycles. The van der Waals surface area contributed by atoms with E-state index in [1.807, 2.05) is 0 Å². The van der Waals surface area contributed by atoms with Crippen molar-refractivity contribution >= 4 is 11.6 Å². The Balaban J connectivity index is 1.96. The standard InChI is InChI=1S/C14H19Cl/c1-11-5-7-12(8-6-11)9-14(10-15)13-3-2-4-13/h5-8,13-14H,2-4,9-10H2,1H3. The summed E-state index contributed by atoms with van der Waals surface area (Å²) in [7, 11) is 0. The zero-order valence-electron chi connectivity index (χ0n) is 9.38. The Labute approximate surface area is 97.6 Å². The summed E-state index contributed by atoms with van der Waals surface area (Å²) in [6.45, 7) is 2.13. The molecule has 1 atom stereocenters. The molecule has 0 amide bonds. The molecule has 1 saturated carbocycles. The number of rotatable bonds is 4. The lowest BCUT2D eigenvalue weighted by molar-refractivity contribution is 0.222. The van der Waals surface area contributed by atoms with Gasteiger partial charge < -0.3 is 0 Å². The molecule has 0 bridgehead atoms. The van der Waals surface area contributed by atoms with Gasteiger partial charge in [0.15, 0.2) is 0 Å². The van der Waals surface area contributed by atoms with Crippen LogP contribution in [-0.2, 0) is 6.42 Å². The summed E-state index contributed by atoms with van der Waals surface area (Å²) < 4.78 is 0. The van der Waals surface area contributed by atoms with Gasteiger partial charge in [0.1, 0.15) is 0 Å². The summed E-state index contributed by atoms with van der Waals surface area (Å²) in [6, 6.07) is 8.88. The Morgan fingerprint density at radius 2 is 1.93 bits per heavy atom. The molecular formula is C14H19Cl. The Kier molecular flexibility index (Phi) is 3.69. The van der Waals surface area contributed by atoms with Crippen LogP contribution in [0.5, 0.6) is 0 Å². The van der Waals surface area contributed by atoms with Crippen LogP contribution in [0.15, 0.2) is 24.3 Å². The number of aryl methyl sites for hydroxylation is 1. The molecule has 1 aliphatic rings. The van der Waals surface area contributed by atoms with E-state index in [1.165, 1.54) is 30.4 Å². The fourth-order valence-electron chi connectivity index (χ4n) is 2.29. The van der Waals surface area contributed by atoms with E-state index in [0.717, 1.165) is 18.2 Å². The van der Waals surface area contributed by atoms with Crippen molar-refractivity contribution in [2.24, 2.45) is 11.8 Å². The van der Waals surface area contributed by atoms with Gasteiger partial charge >= 0.3 is 0 Å². The maximum atomic E-state index is 6.06. The molecule has 0 nitrogen and oxygen atoms in total. The summed E-state index contributed by atoms with van der Waals surface area (Å²) in [5.41, 5.74) is 2.78. The van der Waals surface area contributed by atoms with Crippen LogP contribution in [0.3, 0.4) is 0 Å². The Morgan fingerprint density at radius 3 is 2.40 bits per heavy atom. The fourth-order valence-corrected chi connectivity index (χ4v) is 2.65. The zero-order valence-corrected chi connectivity index (χ0v) is 10.1. The molecule has 0 spiro atoms. The molecule has 1 aliphatic carbocycles. The first-order chi connectivity index (χ1) is 7.29. The van der Waals surface area contributed by atoms with E-state index < -0.39 is 0 Å². The lowest BCUT2D eigenvalue weighted by Gasteiger charge is -2.32. The molecular weight excluding hydrogens is 204 g/mol. The van der Waals surface area contributed by atoms with Gasteiger partial charge in [-0.15, -0.1) is 11.6 Å². The Bertz CT molecular complexity index is 298. The molecule has 0 heterocycles. The first-order valence-electron chi connectivity index (χ1n) is 5.91. The van der Waals surface area contributed by atoms with Crippen LogP contribution in [0.4, 0.5) is 0 Å². The maximum absolute atomic E-state index is 6.06. The minimum Gasteiger partial charge on any atom is -0.126 e. The molecule has 1 unspecified atom stereocenters. The molecule has 15 heavy (non-hydrogen) atoms. The van der Waals surface area contributed by atoms with Crippen molar-refractivity contribution in [3.05, 3.63) is 35.4 Å². The van der Waals surface area contributed by atoms with Crippen molar-refractivity contribution in [2.45, 2.75) is 32.6 Å². The van der Waals surface area contributed by atoms with Gasteiger partial charge in [0.05, 0.1) is 0 Å². The third-order valence-electron chi connectivity index (χ3n) is 3.63. The highest BCUT2D eigenvalue weighted by Crippen LogP contribution is 2.35. The number of benzene rings is 1. The third kappa shape index (κ3) is 2.75. The number of hydrogen-bond acceptors (Lipinski definition) is 0. The quantitative estimate of drug-likeness (QED) is 0.671. The first kappa shape index (κ1) is 11.0. The predicted molar refractivity (Wildman–Crippen MR) is 66.4 cm³/mol. The monoisotopic (exact) mass is 222 g/mol. The number of alkyl halides is 1. The maximum Gasteiger partial charge on any atom is 0.0257 e. The molecule has 1 heteroatoms. The fraction of sp³-hybridized carbons (Fsp3) is 0.571. The van der Waals surface area contributed by atoms with Gasteiger partial charge in [-0.3, -0.25) is 0 Å². The molecule has 1 aromatic rings. The lowest BCUT2D eigenvalue weighted by Crippen LogP contribution is -2.25. The van der Waals surface area contributed by atoms with Crippen LogP contribution in [0.1, 0.15) is 30.4 Å². The molecule has 1 fully saturated rings. The number of halogens is 1. The average molecular weight is 223 g/mol. The van der Waals surface area contributed by atoms with Gasteiger partial charge in [0.25, 0.3) is 0 Å². The molecule has 0 radical (unpaired) electrons. The molecule has 2 rings (SSSR count). The Hall–Kier alpha value is -0.490. The van der Waals surface area contributed by atoms with Crippen molar-refractivity contribution in [1.29, 1.82) is 0 Å². The van der Waals surface area contributed by atoms with Crippen LogP contribution in [0, 0.1) is 18.8 Å². The van der Waals surface area contributed by atoms with Gasteiger partial charge in [-0.1, -0.05) is 49.1 Å². The SMILES string of the molecule is Cc1ccc(CC(CCl)C2CCC2)cc1. The van der Waals surface area contributed by atoms with Gasteiger partial charge in [0.2, 0.25) is 0 Å². The van der Waals surface area contributed by atoms with Crippen molar-refractivity contribution in [2.75, 3.05) is 5.88 Å². The van der Waals surface area contributed by atoms with E-state index in [4.69, 9.17) is 11.6 Å². The summed E-state index contributed by atoms with van der Waals surface area (Å²) in [4.78, 5) is 0. The topological polar surface area (TPSA) is 0 Å². The van der Waals surface area contributed by atoms with Gasteiger partial charge in [-0.05, 0) is 30.7 Å². The van der Waals surface area contributed by atoms with E-state index in [0.29, 0.717) is 5.92 Å². The van der Waals surface area contributed by atoms with E-state index >= 15 is 0 Å². The second-order valence-corrected chi connectivity index (χ2v) is 5.10. The highest BCUT2D eigenvalue weighted by Gasteiger charge is 2.26. The van der Waals surface area contributed by atoms with Crippen molar-refractivity contribution < 1.29 is 0 Å². The zero-order chi connectivity index (χ0) is 10.7. The normalized spacial score (nSPS) is 18.5. The Morgan fingerprint density at radius 1 is 1.27 bits per heavy atom. The van der Waals surface area contributed by atoms with E-state index in [9.17, 15) is 0 Å². The van der Waals surface area contributed by atoms with Crippen LogP contribution >= 0.6 is 11.6 Å². The van der Waals surface area contributed by atoms with Gasteiger partial charge in [-0.25, -0.2) is 0 Å². The van der Waals surface area contributed by atoms with Crippen LogP contribution < -0.4 is 0 Å². The predicted octanol–water partition coefficient (Wildman–Crippen LogP) is 4.19. The van der Waals surface area contributed by atoms with Crippen LogP contribution in [0.25, 0.3) is 0 Å². The van der Waals surface area contributed by atoms with Crippen molar-refractivity contribution in [1.82, 2.24) is 0 Å². The summed E-state index contributed by atoms with van der Waals surface area (Å²) in [5, 5.41) is 0. The van der Waals surface area contributed by atoms with E-state index in [2.05, 4.69) is 31.2 Å². The van der Waals surface area contributed by atoms with Crippen molar-refractivity contribution in [3.63, 3.8) is 0 Å². The summed E-state index contributed by atoms with van der Waals surface area (Å²) in [5.74, 6) is 2.41. The second kappa shape index (κ2) is 5.03. The number of hydrogen-bond donors (Lipinski definition) is 0. The summed E-state index contributed by atoms with van der Waals surface area (Å²) in [6.07, 6.45) is 5.35. The largest absolute Gasteiger partial charge is 0.126 e. The smallest absolute Gasteiger partial charge is 0.0257 e. The van der Waals surface area contributed by atoms with Crippen molar-refractivity contribution in [3.8, 4) is 0 Å². The highest BCUT2D eigenvalue weighted by atomic mass is 35.5. The first-order valence-corrected chi connectivity index (χ1v) is 6.44. The molecule has 0 N–H and O–H groups in total. The second-order valence-electron chi connectivity index (χ2n) is 4.80. The molecule has 0 aromatic heterocycles. The van der Waals surface area contributed by atoms with E-state index in [1.54, 1.807) is 0 Å². The molecule has 82 valence electrons. The van der Waals surface area contributed by atoms with Crippen LogP contribution in [0.2, 0.25) is 0 Å². The third-order valence-corrected chi connectivity index (χ3v) is 4.03. The molecule has 1 aromatic carbocycles. The van der Waals surface area contributed by atoms with Gasteiger partial charge in [-0.2, -0.15) is 0 Å². The average Bonchev–Trinajstić information content (AvgIpc) is 2.17. The van der Waals surface area contributed by atoms with Gasteiger partial charge in [0, 0.05) is 5.88 Å². The minimum atomic E-state index is 0.697. The highest BCUT2D eigenvalue weighted by molar-refractivity contribution is 6.18. The molecule has 0 saturated heterocycles. The minimum absolute atomic E-state index is 0.697.